The molecule has 1 aromatic carbocycles. The molecular weight excluding hydrogens is 450 g/mol. The van der Waals surface area contributed by atoms with E-state index in [9.17, 15) is 14.4 Å². The van der Waals surface area contributed by atoms with Crippen molar-refractivity contribution >= 4 is 29.3 Å². The molecule has 3 aromatic heterocycles. The van der Waals surface area contributed by atoms with Crippen molar-refractivity contribution in [3.8, 4) is 17.0 Å². The molecule has 4 aromatic rings. The first kappa shape index (κ1) is 22.1. The molecule has 0 radical (unpaired) electrons. The van der Waals surface area contributed by atoms with E-state index in [0.29, 0.717) is 35.6 Å². The van der Waals surface area contributed by atoms with Gasteiger partial charge in [0.2, 0.25) is 6.41 Å². The number of ether oxygens (including phenoxy) is 1. The third-order valence-corrected chi connectivity index (χ3v) is 5.84. The number of rotatable bonds is 7. The highest BCUT2D eigenvalue weighted by atomic mass is 16.5. The maximum Gasteiger partial charge on any atom is 0.321 e. The van der Waals surface area contributed by atoms with Gasteiger partial charge in [-0.3, -0.25) is 24.9 Å². The maximum absolute atomic E-state index is 13.1. The predicted molar refractivity (Wildman–Crippen MR) is 125 cm³/mol. The number of hydrogen-bond donors (Lipinski definition) is 2. The molecule has 0 aliphatic carbocycles. The van der Waals surface area contributed by atoms with Crippen molar-refractivity contribution in [1.82, 2.24) is 25.5 Å². The minimum absolute atomic E-state index is 0.132. The van der Waals surface area contributed by atoms with Gasteiger partial charge in [-0.05, 0) is 42.0 Å². The van der Waals surface area contributed by atoms with Gasteiger partial charge in [0, 0.05) is 42.0 Å². The fourth-order valence-electron chi connectivity index (χ4n) is 4.11. The molecule has 1 aliphatic heterocycles. The lowest BCUT2D eigenvalue weighted by atomic mass is 10.1. The van der Waals surface area contributed by atoms with Crippen LogP contribution < -0.4 is 15.4 Å². The van der Waals surface area contributed by atoms with Gasteiger partial charge in [0.05, 0.1) is 19.0 Å². The van der Waals surface area contributed by atoms with Gasteiger partial charge in [-0.25, -0.2) is 4.79 Å². The number of nitrogens with one attached hydrogen (secondary N) is 2. The number of carbonyl (C=O) groups is 3. The molecule has 0 spiro atoms. The number of imide groups is 1. The van der Waals surface area contributed by atoms with Crippen molar-refractivity contribution < 1.29 is 23.5 Å². The topological polar surface area (TPSA) is 127 Å². The molecule has 35 heavy (non-hydrogen) atoms. The Labute approximate surface area is 199 Å². The lowest BCUT2D eigenvalue weighted by molar-refractivity contribution is -0.108. The average molecular weight is 471 g/mol. The van der Waals surface area contributed by atoms with Crippen LogP contribution in [0.2, 0.25) is 0 Å². The van der Waals surface area contributed by atoms with Gasteiger partial charge in [-0.15, -0.1) is 0 Å². The Morgan fingerprint density at radius 2 is 2.06 bits per heavy atom. The summed E-state index contributed by atoms with van der Waals surface area (Å²) in [5.41, 5.74) is 3.59. The smallest absolute Gasteiger partial charge is 0.321 e. The number of carbonyl (C=O) groups excluding carboxylic acids is 3. The second kappa shape index (κ2) is 9.26. The molecule has 0 unspecified atom stereocenters. The lowest BCUT2D eigenvalue weighted by Crippen LogP contribution is -2.42. The van der Waals surface area contributed by atoms with E-state index in [2.05, 4.69) is 20.6 Å². The van der Waals surface area contributed by atoms with Gasteiger partial charge in [0.15, 0.2) is 5.58 Å². The minimum atomic E-state index is -0.716. The molecule has 1 aliphatic rings. The predicted octanol–water partition coefficient (Wildman–Crippen LogP) is 3.05. The highest BCUT2D eigenvalue weighted by Gasteiger charge is 2.31. The SMILES string of the molecule is COc1ccc2c(c1)C(=O)N(C[C@H](NC(=O)NC=O)c1cc3cc(-c4ccncc4)ncc3o1)C2. The van der Waals surface area contributed by atoms with Crippen LogP contribution in [0.3, 0.4) is 0 Å². The van der Waals surface area contributed by atoms with E-state index in [1.165, 1.54) is 0 Å². The van der Waals surface area contributed by atoms with Crippen LogP contribution >= 0.6 is 0 Å². The average Bonchev–Trinajstić information content (AvgIpc) is 3.44. The van der Waals surface area contributed by atoms with E-state index in [1.807, 2.05) is 24.3 Å². The van der Waals surface area contributed by atoms with Crippen LogP contribution in [0.25, 0.3) is 22.2 Å². The number of pyridine rings is 2. The zero-order valence-electron chi connectivity index (χ0n) is 18.7. The van der Waals surface area contributed by atoms with E-state index in [0.717, 1.165) is 22.2 Å². The number of urea groups is 1. The summed E-state index contributed by atoms with van der Waals surface area (Å²) in [6, 6.07) is 11.3. The highest BCUT2D eigenvalue weighted by molar-refractivity contribution is 5.98. The summed E-state index contributed by atoms with van der Waals surface area (Å²) in [6.07, 6.45) is 5.28. The number of hydrogen-bond acceptors (Lipinski definition) is 7. The van der Waals surface area contributed by atoms with Gasteiger partial charge in [-0.1, -0.05) is 6.07 Å². The summed E-state index contributed by atoms with van der Waals surface area (Å²) in [4.78, 5) is 46.1. The zero-order chi connectivity index (χ0) is 24.4. The Bertz CT molecular complexity index is 1420. The first-order chi connectivity index (χ1) is 17.1. The van der Waals surface area contributed by atoms with Crippen molar-refractivity contribution in [2.24, 2.45) is 0 Å². The first-order valence-electron chi connectivity index (χ1n) is 10.8. The van der Waals surface area contributed by atoms with Crippen LogP contribution in [-0.2, 0) is 11.3 Å². The molecule has 176 valence electrons. The molecule has 0 bridgehead atoms. The molecule has 2 N–H and O–H groups in total. The van der Waals surface area contributed by atoms with Crippen molar-refractivity contribution in [3.05, 3.63) is 77.9 Å². The van der Waals surface area contributed by atoms with Gasteiger partial charge >= 0.3 is 6.03 Å². The van der Waals surface area contributed by atoms with Crippen LogP contribution in [0.4, 0.5) is 4.79 Å². The van der Waals surface area contributed by atoms with E-state index in [1.54, 1.807) is 48.8 Å². The number of fused-ring (bicyclic) bond motifs is 2. The molecule has 0 saturated carbocycles. The van der Waals surface area contributed by atoms with Crippen LogP contribution in [0.5, 0.6) is 5.75 Å². The molecule has 0 saturated heterocycles. The maximum atomic E-state index is 13.1. The zero-order valence-corrected chi connectivity index (χ0v) is 18.7. The number of furan rings is 1. The van der Waals surface area contributed by atoms with Gasteiger partial charge in [0.25, 0.3) is 5.91 Å². The highest BCUT2D eigenvalue weighted by Crippen LogP contribution is 2.31. The second-order valence-electron chi connectivity index (χ2n) is 7.99. The number of methoxy groups -OCH3 is 1. The van der Waals surface area contributed by atoms with Gasteiger partial charge in [0.1, 0.15) is 17.6 Å². The summed E-state index contributed by atoms with van der Waals surface area (Å²) in [5.74, 6) is 0.837. The normalized spacial score (nSPS) is 13.4. The van der Waals surface area contributed by atoms with E-state index < -0.39 is 12.1 Å². The van der Waals surface area contributed by atoms with Crippen molar-refractivity contribution in [2.45, 2.75) is 12.6 Å². The molecular formula is C25H21N5O5. The molecule has 4 heterocycles. The number of amides is 4. The molecule has 10 heteroatoms. The Hall–Kier alpha value is -4.73. The molecule has 0 fully saturated rings. The second-order valence-corrected chi connectivity index (χ2v) is 7.99. The largest absolute Gasteiger partial charge is 0.497 e. The third kappa shape index (κ3) is 4.41. The summed E-state index contributed by atoms with van der Waals surface area (Å²) in [7, 11) is 1.54. The fraction of sp³-hybridized carbons (Fsp3) is 0.160. The van der Waals surface area contributed by atoms with Crippen LogP contribution in [0.15, 0.2) is 65.5 Å². The number of aromatic nitrogens is 2. The van der Waals surface area contributed by atoms with Gasteiger partial charge in [-0.2, -0.15) is 0 Å². The van der Waals surface area contributed by atoms with Crippen LogP contribution in [-0.4, -0.2) is 46.9 Å². The quantitative estimate of drug-likeness (QED) is 0.397. The Kier molecular flexibility index (Phi) is 5.84. The Morgan fingerprint density at radius 1 is 1.23 bits per heavy atom. The summed E-state index contributed by atoms with van der Waals surface area (Å²) < 4.78 is 11.2. The number of benzene rings is 1. The number of nitrogens with zero attached hydrogens (tertiary/aromatic N) is 3. The van der Waals surface area contributed by atoms with Crippen LogP contribution in [0.1, 0.15) is 27.7 Å². The lowest BCUT2D eigenvalue weighted by Gasteiger charge is -2.23. The van der Waals surface area contributed by atoms with Crippen molar-refractivity contribution in [2.75, 3.05) is 13.7 Å². The molecule has 1 atom stereocenters. The molecule has 4 amide bonds. The van der Waals surface area contributed by atoms with E-state index >= 15 is 0 Å². The first-order valence-corrected chi connectivity index (χ1v) is 10.8. The van der Waals surface area contributed by atoms with Gasteiger partial charge < -0.3 is 19.4 Å². The van der Waals surface area contributed by atoms with Crippen molar-refractivity contribution in [3.63, 3.8) is 0 Å². The fourth-order valence-corrected chi connectivity index (χ4v) is 4.11. The minimum Gasteiger partial charge on any atom is -0.497 e. The van der Waals surface area contributed by atoms with Crippen molar-refractivity contribution in [1.29, 1.82) is 0 Å². The Morgan fingerprint density at radius 3 is 2.83 bits per heavy atom. The summed E-state index contributed by atoms with van der Waals surface area (Å²) in [5, 5.41) is 5.57. The molecule has 5 rings (SSSR count). The monoisotopic (exact) mass is 471 g/mol. The summed E-state index contributed by atoms with van der Waals surface area (Å²) in [6.45, 7) is 0.506. The van der Waals surface area contributed by atoms with E-state index in [-0.39, 0.29) is 12.5 Å². The molecule has 10 nitrogen and oxygen atoms in total. The standard InChI is InChI=1S/C25H21N5O5/c1-34-18-3-2-16-12-30(24(32)19(16)10-18)13-21(29-25(33)28-14-31)22-9-17-8-20(27-11-23(17)35-22)15-4-6-26-7-5-15/h2-11,14,21H,12-13H2,1H3,(H2,28,29,31,33)/t21-/m0/s1. The third-order valence-electron chi connectivity index (χ3n) is 5.84. The Balaban J connectivity index is 1.44. The van der Waals surface area contributed by atoms with E-state index in [4.69, 9.17) is 9.15 Å². The summed E-state index contributed by atoms with van der Waals surface area (Å²) >= 11 is 0. The van der Waals surface area contributed by atoms with Crippen LogP contribution in [0, 0.1) is 0 Å².